The van der Waals surface area contributed by atoms with E-state index in [0.29, 0.717) is 18.1 Å². The molecule has 0 saturated carbocycles. The monoisotopic (exact) mass is 322 g/mol. The summed E-state index contributed by atoms with van der Waals surface area (Å²) >= 11 is 0. The average molecular weight is 322 g/mol. The Hall–Kier alpha value is -2.91. The predicted molar refractivity (Wildman–Crippen MR) is 90.1 cm³/mol. The van der Waals surface area contributed by atoms with E-state index in [-0.39, 0.29) is 6.03 Å². The minimum Gasteiger partial charge on any atom is -0.272 e. The number of hydrogen-bond donors (Lipinski definition) is 0. The molecule has 3 rings (SSSR count). The van der Waals surface area contributed by atoms with Gasteiger partial charge in [0.25, 0.3) is 0 Å². The highest BCUT2D eigenvalue weighted by Crippen LogP contribution is 2.28. The van der Waals surface area contributed by atoms with Crippen molar-refractivity contribution < 1.29 is 9.63 Å². The molecule has 0 spiro atoms. The second-order valence-corrected chi connectivity index (χ2v) is 6.05. The molecule has 2 heterocycles. The van der Waals surface area contributed by atoms with Crippen LogP contribution < -0.4 is 4.90 Å². The van der Waals surface area contributed by atoms with E-state index in [4.69, 9.17) is 4.84 Å². The van der Waals surface area contributed by atoms with E-state index in [2.05, 4.69) is 21.8 Å². The van der Waals surface area contributed by atoms with E-state index >= 15 is 0 Å². The van der Waals surface area contributed by atoms with Crippen molar-refractivity contribution in [3.05, 3.63) is 53.9 Å². The lowest BCUT2D eigenvalue weighted by Gasteiger charge is -2.25. The number of amides is 2. The third kappa shape index (κ3) is 3.07. The lowest BCUT2D eigenvalue weighted by molar-refractivity contribution is -0.127. The first kappa shape index (κ1) is 16.0. The fraction of sp³-hybridized carbons (Fsp3) is 0.278. The zero-order valence-corrected chi connectivity index (χ0v) is 13.9. The molecule has 1 saturated heterocycles. The summed E-state index contributed by atoms with van der Waals surface area (Å²) < 4.78 is 0. The molecule has 0 N–H and O–H groups in total. The minimum atomic E-state index is -0.443. The normalized spacial score (nSPS) is 16.0. The van der Waals surface area contributed by atoms with E-state index in [9.17, 15) is 4.79 Å². The highest BCUT2D eigenvalue weighted by Gasteiger charge is 2.45. The SMILES string of the molecule is CON1C(=O)N(c2ncc(C#Cc3ccccc3)cn2)CC1(C)C. The minimum absolute atomic E-state index is 0.273. The molecule has 0 radical (unpaired) electrons. The molecule has 2 aromatic rings. The Morgan fingerprint density at radius 3 is 2.29 bits per heavy atom. The first-order valence-electron chi connectivity index (χ1n) is 7.56. The summed E-state index contributed by atoms with van der Waals surface area (Å²) in [5.41, 5.74) is 1.17. The molecule has 0 unspecified atom stereocenters. The van der Waals surface area contributed by atoms with E-state index in [1.54, 1.807) is 12.4 Å². The highest BCUT2D eigenvalue weighted by molar-refractivity contribution is 5.92. The van der Waals surface area contributed by atoms with E-state index < -0.39 is 5.54 Å². The van der Waals surface area contributed by atoms with Gasteiger partial charge >= 0.3 is 6.03 Å². The molecule has 1 aliphatic rings. The summed E-state index contributed by atoms with van der Waals surface area (Å²) in [5.74, 6) is 6.41. The van der Waals surface area contributed by atoms with Crippen LogP contribution in [0.15, 0.2) is 42.7 Å². The molecule has 6 nitrogen and oxygen atoms in total. The number of hydroxylamine groups is 2. The van der Waals surface area contributed by atoms with Gasteiger partial charge in [-0.3, -0.25) is 9.74 Å². The van der Waals surface area contributed by atoms with Gasteiger partial charge in [0.2, 0.25) is 5.95 Å². The van der Waals surface area contributed by atoms with Crippen molar-refractivity contribution >= 4 is 12.0 Å². The van der Waals surface area contributed by atoms with Gasteiger partial charge in [-0.25, -0.2) is 14.8 Å². The smallest absolute Gasteiger partial charge is 0.272 e. The van der Waals surface area contributed by atoms with Crippen LogP contribution >= 0.6 is 0 Å². The number of carbonyl (C=O) groups excluding carboxylic acids is 1. The predicted octanol–water partition coefficient (Wildman–Crippen LogP) is 2.46. The van der Waals surface area contributed by atoms with Gasteiger partial charge in [-0.05, 0) is 26.0 Å². The maximum absolute atomic E-state index is 12.4. The lowest BCUT2D eigenvalue weighted by Crippen LogP contribution is -2.40. The van der Waals surface area contributed by atoms with Crippen LogP contribution in [-0.2, 0) is 4.84 Å². The largest absolute Gasteiger partial charge is 0.351 e. The van der Waals surface area contributed by atoms with Crippen molar-refractivity contribution in [1.29, 1.82) is 0 Å². The van der Waals surface area contributed by atoms with Crippen molar-refractivity contribution in [3.63, 3.8) is 0 Å². The van der Waals surface area contributed by atoms with Gasteiger partial charge in [0.1, 0.15) is 0 Å². The highest BCUT2D eigenvalue weighted by atomic mass is 16.7. The third-order valence-electron chi connectivity index (χ3n) is 3.69. The number of anilines is 1. The maximum atomic E-state index is 12.4. The van der Waals surface area contributed by atoms with Gasteiger partial charge in [0, 0.05) is 18.0 Å². The molecular weight excluding hydrogens is 304 g/mol. The number of carbonyl (C=O) groups is 1. The van der Waals surface area contributed by atoms with Gasteiger partial charge in [0.15, 0.2) is 0 Å². The van der Waals surface area contributed by atoms with Crippen molar-refractivity contribution in [1.82, 2.24) is 15.0 Å². The van der Waals surface area contributed by atoms with Crippen LogP contribution in [-0.4, -0.2) is 40.3 Å². The van der Waals surface area contributed by atoms with Crippen LogP contribution in [0.5, 0.6) is 0 Å². The number of hydrogen-bond acceptors (Lipinski definition) is 4. The molecule has 2 amide bonds. The number of aromatic nitrogens is 2. The molecule has 122 valence electrons. The Bertz CT molecular complexity index is 791. The maximum Gasteiger partial charge on any atom is 0.351 e. The summed E-state index contributed by atoms with van der Waals surface area (Å²) in [5, 5.41) is 1.33. The van der Waals surface area contributed by atoms with Crippen LogP contribution in [0.25, 0.3) is 0 Å². The second-order valence-electron chi connectivity index (χ2n) is 6.05. The van der Waals surface area contributed by atoms with Crippen LogP contribution in [0.1, 0.15) is 25.0 Å². The molecule has 6 heteroatoms. The number of nitrogens with zero attached hydrogens (tertiary/aromatic N) is 4. The van der Waals surface area contributed by atoms with E-state index in [1.165, 1.54) is 17.1 Å². The zero-order chi connectivity index (χ0) is 17.2. The Kier molecular flexibility index (Phi) is 4.19. The fourth-order valence-electron chi connectivity index (χ4n) is 2.56. The van der Waals surface area contributed by atoms with Crippen LogP contribution in [0.4, 0.5) is 10.7 Å². The fourth-order valence-corrected chi connectivity index (χ4v) is 2.56. The van der Waals surface area contributed by atoms with Crippen molar-refractivity contribution in [2.45, 2.75) is 19.4 Å². The lowest BCUT2D eigenvalue weighted by atomic mass is 10.1. The van der Waals surface area contributed by atoms with E-state index in [1.807, 2.05) is 44.2 Å². The van der Waals surface area contributed by atoms with Crippen LogP contribution in [0, 0.1) is 11.8 Å². The second kappa shape index (κ2) is 6.30. The Labute approximate surface area is 141 Å². The molecular formula is C18H18N4O2. The Morgan fingerprint density at radius 2 is 1.71 bits per heavy atom. The molecule has 24 heavy (non-hydrogen) atoms. The summed E-state index contributed by atoms with van der Waals surface area (Å²) in [6.45, 7) is 4.30. The van der Waals surface area contributed by atoms with Gasteiger partial charge in [-0.15, -0.1) is 0 Å². The summed E-state index contributed by atoms with van der Waals surface area (Å²) in [4.78, 5) is 27.6. The standard InChI is InChI=1S/C18H18N4O2/c1-18(2)13-21(17(23)22(18)24-3)16-19-11-15(12-20-16)10-9-14-7-5-4-6-8-14/h4-8,11-12H,13H2,1-3H3. The molecule has 1 aromatic heterocycles. The molecule has 1 aromatic carbocycles. The van der Waals surface area contributed by atoms with Crippen molar-refractivity contribution in [3.8, 4) is 11.8 Å². The molecule has 1 aliphatic heterocycles. The van der Waals surface area contributed by atoms with Gasteiger partial charge in [-0.2, -0.15) is 5.06 Å². The third-order valence-corrected chi connectivity index (χ3v) is 3.69. The van der Waals surface area contributed by atoms with Gasteiger partial charge in [-0.1, -0.05) is 30.0 Å². The summed E-state index contributed by atoms with van der Waals surface area (Å²) in [6, 6.07) is 9.42. The molecule has 0 aliphatic carbocycles. The van der Waals surface area contributed by atoms with Crippen molar-refractivity contribution in [2.24, 2.45) is 0 Å². The summed E-state index contributed by atoms with van der Waals surface area (Å²) in [7, 11) is 1.48. The first-order chi connectivity index (χ1) is 11.5. The zero-order valence-electron chi connectivity index (χ0n) is 13.9. The Morgan fingerprint density at radius 1 is 1.08 bits per heavy atom. The van der Waals surface area contributed by atoms with Crippen LogP contribution in [0.2, 0.25) is 0 Å². The van der Waals surface area contributed by atoms with Crippen molar-refractivity contribution in [2.75, 3.05) is 18.6 Å². The number of rotatable bonds is 2. The number of urea groups is 1. The number of benzene rings is 1. The molecule has 1 fully saturated rings. The summed E-state index contributed by atoms with van der Waals surface area (Å²) in [6.07, 6.45) is 3.24. The first-order valence-corrected chi connectivity index (χ1v) is 7.56. The van der Waals surface area contributed by atoms with E-state index in [0.717, 1.165) is 5.56 Å². The van der Waals surface area contributed by atoms with Gasteiger partial charge in [0.05, 0.1) is 24.8 Å². The quantitative estimate of drug-likeness (QED) is 0.797. The van der Waals surface area contributed by atoms with Gasteiger partial charge < -0.3 is 0 Å². The molecule has 0 atom stereocenters. The van der Waals surface area contributed by atoms with Crippen LogP contribution in [0.3, 0.4) is 0 Å². The Balaban J connectivity index is 1.78. The molecule has 0 bridgehead atoms. The average Bonchev–Trinajstić information content (AvgIpc) is 2.83. The topological polar surface area (TPSA) is 58.6 Å².